The lowest BCUT2D eigenvalue weighted by molar-refractivity contribution is -0.105. The van der Waals surface area contributed by atoms with Crippen LogP contribution in [-0.4, -0.2) is 45.0 Å². The van der Waals surface area contributed by atoms with E-state index >= 15 is 4.39 Å². The number of hydrogen-bond donors (Lipinski definition) is 4. The molecule has 5 rings (SSSR count). The highest BCUT2D eigenvalue weighted by Crippen LogP contribution is 2.41. The van der Waals surface area contributed by atoms with Crippen LogP contribution in [0.4, 0.5) is 15.9 Å². The number of rotatable bonds is 4. The molecule has 9 nitrogen and oxygen atoms in total. The third-order valence-electron chi connectivity index (χ3n) is 4.65. The second kappa shape index (κ2) is 6.74. The quantitative estimate of drug-likeness (QED) is 0.385. The van der Waals surface area contributed by atoms with E-state index in [1.165, 1.54) is 0 Å². The Morgan fingerprint density at radius 2 is 2.21 bits per heavy atom. The molecule has 1 aromatic carbocycles. The molecule has 3 aromatic heterocycles. The van der Waals surface area contributed by atoms with Crippen molar-refractivity contribution < 1.29 is 9.18 Å². The van der Waals surface area contributed by atoms with E-state index in [2.05, 4.69) is 36.1 Å². The zero-order valence-corrected chi connectivity index (χ0v) is 15.6. The van der Waals surface area contributed by atoms with E-state index in [1.807, 2.05) is 0 Å². The van der Waals surface area contributed by atoms with Gasteiger partial charge in [-0.3, -0.25) is 14.9 Å². The van der Waals surface area contributed by atoms with Crippen molar-refractivity contribution in [1.82, 2.24) is 24.9 Å². The van der Waals surface area contributed by atoms with Gasteiger partial charge >= 0.3 is 0 Å². The van der Waals surface area contributed by atoms with Crippen LogP contribution in [0.15, 0.2) is 35.7 Å². The number of guanidine groups is 1. The largest absolute Gasteiger partial charge is 0.354 e. The van der Waals surface area contributed by atoms with Crippen LogP contribution in [0.2, 0.25) is 5.02 Å². The first-order valence-corrected chi connectivity index (χ1v) is 9.12. The number of imidazole rings is 1. The van der Waals surface area contributed by atoms with Crippen molar-refractivity contribution in [2.75, 3.05) is 23.7 Å². The van der Waals surface area contributed by atoms with Crippen LogP contribution in [0.1, 0.15) is 0 Å². The molecule has 11 heteroatoms. The number of aromatic nitrogens is 4. The highest BCUT2D eigenvalue weighted by Gasteiger charge is 2.23. The Balaban J connectivity index is 1.67. The molecule has 0 atom stereocenters. The van der Waals surface area contributed by atoms with Gasteiger partial charge in [-0.2, -0.15) is 5.10 Å². The fraction of sp³-hybridized carbons (Fsp3) is 0.111. The molecule has 0 saturated heterocycles. The number of nitrogens with zero attached hydrogens (tertiary/aromatic N) is 4. The number of pyridine rings is 1. The Labute approximate surface area is 168 Å². The number of anilines is 2. The molecule has 1 aliphatic rings. The first-order chi connectivity index (χ1) is 14.2. The van der Waals surface area contributed by atoms with Crippen LogP contribution in [-0.2, 0) is 4.79 Å². The number of fused-ring (bicyclic) bond motifs is 2. The van der Waals surface area contributed by atoms with E-state index in [0.717, 1.165) is 0 Å². The summed E-state index contributed by atoms with van der Waals surface area (Å²) in [7, 11) is 0. The molecule has 0 unspecified atom stereocenters. The van der Waals surface area contributed by atoms with Crippen molar-refractivity contribution in [3.05, 3.63) is 41.6 Å². The van der Waals surface area contributed by atoms with E-state index in [1.54, 1.807) is 35.1 Å². The zero-order valence-electron chi connectivity index (χ0n) is 14.8. The predicted molar refractivity (Wildman–Crippen MR) is 109 cm³/mol. The number of nitrogens with one attached hydrogen (secondary N) is 4. The SMILES string of the molecule is O=CNc1cn2cc(-c3c(Cl)c(F)c(NC4=NCCN4)c4[nH]ncc34)ccc2n1. The van der Waals surface area contributed by atoms with Gasteiger partial charge in [0.15, 0.2) is 17.6 Å². The van der Waals surface area contributed by atoms with Crippen LogP contribution in [0.3, 0.4) is 0 Å². The highest BCUT2D eigenvalue weighted by molar-refractivity contribution is 6.36. The summed E-state index contributed by atoms with van der Waals surface area (Å²) in [4.78, 5) is 19.1. The average molecular weight is 413 g/mol. The van der Waals surface area contributed by atoms with Crippen molar-refractivity contribution in [3.63, 3.8) is 0 Å². The van der Waals surface area contributed by atoms with Crippen molar-refractivity contribution in [3.8, 4) is 11.1 Å². The van der Waals surface area contributed by atoms with Gasteiger partial charge in [-0.15, -0.1) is 0 Å². The third kappa shape index (κ3) is 2.85. The molecular formula is C18H14ClFN8O. The van der Waals surface area contributed by atoms with Crippen LogP contribution in [0.5, 0.6) is 0 Å². The Morgan fingerprint density at radius 3 is 3.00 bits per heavy atom. The molecule has 1 amide bonds. The Kier molecular flexibility index (Phi) is 4.06. The zero-order chi connectivity index (χ0) is 20.0. The summed E-state index contributed by atoms with van der Waals surface area (Å²) in [6.45, 7) is 1.31. The first kappa shape index (κ1) is 17.4. The van der Waals surface area contributed by atoms with Gasteiger partial charge in [0.2, 0.25) is 6.41 Å². The standard InChI is InChI=1S/C18H14ClFN8O/c19-14-13(9-1-2-12-25-11(23-8-29)7-28(12)6-9)10-5-24-27-16(10)17(15(14)20)26-18-21-3-4-22-18/h1-2,5-8H,3-4H2,(H,23,29)(H,24,27)(H2,21,22,26). The fourth-order valence-corrected chi connectivity index (χ4v) is 3.69. The third-order valence-corrected chi connectivity index (χ3v) is 5.01. The summed E-state index contributed by atoms with van der Waals surface area (Å²) in [5, 5.41) is 16.0. The molecule has 4 heterocycles. The van der Waals surface area contributed by atoms with E-state index in [0.29, 0.717) is 59.0 Å². The number of aliphatic imine (C=N–C) groups is 1. The van der Waals surface area contributed by atoms with E-state index in [4.69, 9.17) is 11.6 Å². The maximum absolute atomic E-state index is 15.2. The Bertz CT molecular complexity index is 1290. The molecule has 0 fully saturated rings. The van der Waals surface area contributed by atoms with E-state index < -0.39 is 5.82 Å². The summed E-state index contributed by atoms with van der Waals surface area (Å²) in [6.07, 6.45) is 5.58. The van der Waals surface area contributed by atoms with Gasteiger partial charge in [0.25, 0.3) is 0 Å². The first-order valence-electron chi connectivity index (χ1n) is 8.74. The van der Waals surface area contributed by atoms with Crippen molar-refractivity contribution in [1.29, 1.82) is 0 Å². The monoisotopic (exact) mass is 412 g/mol. The Morgan fingerprint density at radius 1 is 1.31 bits per heavy atom. The maximum atomic E-state index is 15.2. The number of H-pyrrole nitrogens is 1. The average Bonchev–Trinajstić information content (AvgIpc) is 3.46. The number of benzene rings is 1. The van der Waals surface area contributed by atoms with Gasteiger partial charge in [0.1, 0.15) is 11.3 Å². The smallest absolute Gasteiger partial charge is 0.212 e. The normalized spacial score (nSPS) is 13.5. The minimum atomic E-state index is -0.608. The summed E-state index contributed by atoms with van der Waals surface area (Å²) in [6, 6.07) is 3.55. The lowest BCUT2D eigenvalue weighted by Gasteiger charge is -2.14. The number of carbonyl (C=O) groups excluding carboxylic acids is 1. The second-order valence-corrected chi connectivity index (χ2v) is 6.77. The summed E-state index contributed by atoms with van der Waals surface area (Å²) < 4.78 is 17.0. The van der Waals surface area contributed by atoms with Crippen molar-refractivity contribution in [2.24, 2.45) is 4.99 Å². The van der Waals surface area contributed by atoms with Crippen molar-refractivity contribution in [2.45, 2.75) is 0 Å². The molecule has 4 aromatic rings. The number of hydrogen-bond acceptors (Lipinski definition) is 6. The number of halogens is 2. The Hall–Kier alpha value is -3.66. The maximum Gasteiger partial charge on any atom is 0.212 e. The topological polar surface area (TPSA) is 112 Å². The van der Waals surface area contributed by atoms with Gasteiger partial charge in [0, 0.05) is 29.3 Å². The van der Waals surface area contributed by atoms with Gasteiger partial charge in [-0.05, 0) is 12.1 Å². The number of aromatic amines is 1. The number of amides is 1. The molecule has 4 N–H and O–H groups in total. The van der Waals surface area contributed by atoms with Crippen LogP contribution in [0.25, 0.3) is 27.7 Å². The van der Waals surface area contributed by atoms with Gasteiger partial charge in [-0.1, -0.05) is 11.6 Å². The van der Waals surface area contributed by atoms with Crippen LogP contribution < -0.4 is 16.0 Å². The van der Waals surface area contributed by atoms with Gasteiger partial charge < -0.3 is 20.4 Å². The molecule has 29 heavy (non-hydrogen) atoms. The lowest BCUT2D eigenvalue weighted by atomic mass is 10.0. The molecule has 0 radical (unpaired) electrons. The van der Waals surface area contributed by atoms with Gasteiger partial charge in [-0.25, -0.2) is 9.37 Å². The minimum absolute atomic E-state index is 0.0364. The van der Waals surface area contributed by atoms with E-state index in [-0.39, 0.29) is 10.7 Å². The predicted octanol–water partition coefficient (Wildman–Crippen LogP) is 2.61. The molecule has 0 spiro atoms. The second-order valence-electron chi connectivity index (χ2n) is 6.39. The fourth-order valence-electron chi connectivity index (χ4n) is 3.38. The highest BCUT2D eigenvalue weighted by atomic mass is 35.5. The van der Waals surface area contributed by atoms with Crippen molar-refractivity contribution >= 4 is 52.0 Å². The summed E-state index contributed by atoms with van der Waals surface area (Å²) >= 11 is 6.46. The molecule has 0 bridgehead atoms. The molecule has 0 saturated carbocycles. The summed E-state index contributed by atoms with van der Waals surface area (Å²) in [5.41, 5.74) is 2.46. The molecule has 0 aliphatic carbocycles. The molecule has 1 aliphatic heterocycles. The number of carbonyl (C=O) groups is 1. The molecular weight excluding hydrogens is 399 g/mol. The van der Waals surface area contributed by atoms with Crippen LogP contribution in [0, 0.1) is 5.82 Å². The van der Waals surface area contributed by atoms with E-state index in [9.17, 15) is 4.79 Å². The minimum Gasteiger partial charge on any atom is -0.354 e. The van der Waals surface area contributed by atoms with Crippen LogP contribution >= 0.6 is 11.6 Å². The van der Waals surface area contributed by atoms with Gasteiger partial charge in [0.05, 0.1) is 29.5 Å². The molecule has 146 valence electrons. The lowest BCUT2D eigenvalue weighted by Crippen LogP contribution is -2.26. The summed E-state index contributed by atoms with van der Waals surface area (Å²) in [5.74, 6) is 0.287.